The average molecular weight is 247 g/mol. The topological polar surface area (TPSA) is 46.2 Å². The van der Waals surface area contributed by atoms with E-state index in [1.165, 1.54) is 0 Å². The summed E-state index contributed by atoms with van der Waals surface area (Å²) in [5.41, 5.74) is 5.11. The van der Waals surface area contributed by atoms with Crippen LogP contribution in [0.5, 0.6) is 0 Å². The van der Waals surface area contributed by atoms with Crippen LogP contribution in [0.15, 0.2) is 34.5 Å². The Hall–Kier alpha value is -1.95. The van der Waals surface area contributed by atoms with Gasteiger partial charge >= 0.3 is 5.96 Å². The number of hydrogen-bond acceptors (Lipinski definition) is 5. The molecule has 0 aromatic heterocycles. The molecule has 1 aliphatic rings. The summed E-state index contributed by atoms with van der Waals surface area (Å²) in [4.78, 5) is 2.05. The van der Waals surface area contributed by atoms with E-state index in [2.05, 4.69) is 20.6 Å². The third-order valence-corrected chi connectivity index (χ3v) is 2.70. The lowest BCUT2D eigenvalue weighted by molar-refractivity contribution is -0.505. The molecule has 6 heteroatoms. The monoisotopic (exact) mass is 247 g/mol. The molecule has 2 rings (SSSR count). The molecule has 96 valence electrons. The third kappa shape index (κ3) is 2.84. The first kappa shape index (κ1) is 12.5. The molecule has 0 saturated carbocycles. The number of guanidine groups is 1. The number of azo groups is 1. The molecule has 0 atom stereocenters. The number of hydrogen-bond donors (Lipinski definition) is 1. The molecule has 0 unspecified atom stereocenters. The number of rotatable bonds is 2. The zero-order valence-electron chi connectivity index (χ0n) is 11.3. The highest BCUT2D eigenvalue weighted by molar-refractivity contribution is 5.75. The SMILES string of the molecule is CN1C[N+](C)=C(N=Nc2ccc(N(C)C)cc2)N1. The predicted molar refractivity (Wildman–Crippen MR) is 72.2 cm³/mol. The largest absolute Gasteiger partial charge is 0.428 e. The van der Waals surface area contributed by atoms with E-state index in [-0.39, 0.29) is 0 Å². The second-order valence-corrected chi connectivity index (χ2v) is 4.58. The standard InChI is InChI=1S/C12H18N6/c1-16(2)11-7-5-10(6-8-11)13-14-12-15-18(4)9-17(12)3/h5-8H,9H2,1-4H3/p+1. The van der Waals surface area contributed by atoms with Crippen LogP contribution in [-0.4, -0.2) is 50.4 Å². The van der Waals surface area contributed by atoms with Gasteiger partial charge in [0.05, 0.1) is 7.05 Å². The molecule has 0 radical (unpaired) electrons. The lowest BCUT2D eigenvalue weighted by Gasteiger charge is -2.11. The quantitative estimate of drug-likeness (QED) is 0.632. The maximum absolute atomic E-state index is 4.21. The third-order valence-electron chi connectivity index (χ3n) is 2.70. The molecule has 0 saturated heterocycles. The van der Waals surface area contributed by atoms with Crippen molar-refractivity contribution in [2.45, 2.75) is 0 Å². The molecule has 18 heavy (non-hydrogen) atoms. The molecule has 0 spiro atoms. The van der Waals surface area contributed by atoms with Crippen LogP contribution in [0.4, 0.5) is 11.4 Å². The lowest BCUT2D eigenvalue weighted by Crippen LogP contribution is -2.31. The highest BCUT2D eigenvalue weighted by atomic mass is 15.6. The van der Waals surface area contributed by atoms with Gasteiger partial charge in [0.2, 0.25) is 0 Å². The van der Waals surface area contributed by atoms with Crippen molar-refractivity contribution in [3.8, 4) is 0 Å². The Balaban J connectivity index is 2.08. The van der Waals surface area contributed by atoms with Crippen LogP contribution in [0.3, 0.4) is 0 Å². The average Bonchev–Trinajstić information content (AvgIpc) is 2.66. The molecule has 1 aromatic carbocycles. The van der Waals surface area contributed by atoms with E-state index in [0.29, 0.717) is 0 Å². The Morgan fingerprint density at radius 2 is 1.89 bits per heavy atom. The van der Waals surface area contributed by atoms with Crippen LogP contribution in [0.1, 0.15) is 0 Å². The van der Waals surface area contributed by atoms with Crippen LogP contribution in [0, 0.1) is 0 Å². The summed E-state index contributed by atoms with van der Waals surface area (Å²) in [7, 11) is 7.96. The van der Waals surface area contributed by atoms with Gasteiger partial charge in [-0.05, 0) is 24.3 Å². The summed E-state index contributed by atoms with van der Waals surface area (Å²) >= 11 is 0. The van der Waals surface area contributed by atoms with Crippen molar-refractivity contribution < 1.29 is 4.58 Å². The smallest absolute Gasteiger partial charge is 0.378 e. The van der Waals surface area contributed by atoms with E-state index < -0.39 is 0 Å². The fourth-order valence-corrected chi connectivity index (χ4v) is 1.70. The normalized spacial score (nSPS) is 16.4. The molecular weight excluding hydrogens is 228 g/mol. The minimum absolute atomic E-state index is 0.759. The molecule has 1 aliphatic heterocycles. The fraction of sp³-hybridized carbons (Fsp3) is 0.417. The number of nitrogens with zero attached hydrogens (tertiary/aromatic N) is 5. The minimum atomic E-state index is 0.759. The first-order valence-electron chi connectivity index (χ1n) is 5.81. The van der Waals surface area contributed by atoms with Crippen LogP contribution in [-0.2, 0) is 0 Å². The second kappa shape index (κ2) is 5.14. The van der Waals surface area contributed by atoms with Gasteiger partial charge in [0.1, 0.15) is 12.4 Å². The molecule has 1 heterocycles. The molecule has 0 amide bonds. The number of hydrazine groups is 1. The van der Waals surface area contributed by atoms with E-state index in [0.717, 1.165) is 24.0 Å². The van der Waals surface area contributed by atoms with Gasteiger partial charge in [-0.25, -0.2) is 4.58 Å². The lowest BCUT2D eigenvalue weighted by atomic mass is 10.3. The highest BCUT2D eigenvalue weighted by Gasteiger charge is 2.22. The zero-order valence-corrected chi connectivity index (χ0v) is 11.3. The maximum Gasteiger partial charge on any atom is 0.428 e. The Morgan fingerprint density at radius 1 is 1.22 bits per heavy atom. The Morgan fingerprint density at radius 3 is 2.39 bits per heavy atom. The summed E-state index contributed by atoms with van der Waals surface area (Å²) < 4.78 is 2.00. The Bertz CT molecular complexity index is 474. The second-order valence-electron chi connectivity index (χ2n) is 4.58. The van der Waals surface area contributed by atoms with Crippen molar-refractivity contribution in [1.29, 1.82) is 0 Å². The van der Waals surface area contributed by atoms with Crippen LogP contribution >= 0.6 is 0 Å². The molecule has 0 bridgehead atoms. The fourth-order valence-electron chi connectivity index (χ4n) is 1.70. The van der Waals surface area contributed by atoms with Gasteiger partial charge in [-0.15, -0.1) is 5.01 Å². The molecule has 0 aliphatic carbocycles. The van der Waals surface area contributed by atoms with Crippen LogP contribution in [0.25, 0.3) is 0 Å². The maximum atomic E-state index is 4.21. The van der Waals surface area contributed by atoms with Crippen molar-refractivity contribution >= 4 is 17.3 Å². The van der Waals surface area contributed by atoms with E-state index in [9.17, 15) is 0 Å². The van der Waals surface area contributed by atoms with E-state index >= 15 is 0 Å². The predicted octanol–water partition coefficient (Wildman–Crippen LogP) is 1.24. The molecule has 1 N–H and O–H groups in total. The Labute approximate surface area is 107 Å². The molecule has 0 fully saturated rings. The summed E-state index contributed by atoms with van der Waals surface area (Å²) in [6.07, 6.45) is 0. The molecule has 1 aromatic rings. The highest BCUT2D eigenvalue weighted by Crippen LogP contribution is 2.18. The van der Waals surface area contributed by atoms with Gasteiger partial charge in [0, 0.05) is 31.9 Å². The van der Waals surface area contributed by atoms with Crippen molar-refractivity contribution in [3.05, 3.63) is 24.3 Å². The van der Waals surface area contributed by atoms with Gasteiger partial charge < -0.3 is 4.90 Å². The molecular formula is C12H19N6+. The number of benzene rings is 1. The van der Waals surface area contributed by atoms with Crippen molar-refractivity contribution in [1.82, 2.24) is 10.4 Å². The summed E-state index contributed by atoms with van der Waals surface area (Å²) in [6.45, 7) is 0.800. The first-order chi connectivity index (χ1) is 8.56. The summed E-state index contributed by atoms with van der Waals surface area (Å²) in [5.74, 6) is 0.759. The van der Waals surface area contributed by atoms with Crippen molar-refractivity contribution in [2.24, 2.45) is 10.2 Å². The van der Waals surface area contributed by atoms with Crippen LogP contribution in [0.2, 0.25) is 0 Å². The zero-order chi connectivity index (χ0) is 13.1. The van der Waals surface area contributed by atoms with E-state index in [1.807, 2.05) is 62.0 Å². The van der Waals surface area contributed by atoms with Crippen molar-refractivity contribution in [3.63, 3.8) is 0 Å². The summed E-state index contributed by atoms with van der Waals surface area (Å²) in [5, 5.41) is 10.4. The van der Waals surface area contributed by atoms with Crippen LogP contribution < -0.4 is 10.3 Å². The van der Waals surface area contributed by atoms with E-state index in [1.54, 1.807) is 0 Å². The number of anilines is 1. The van der Waals surface area contributed by atoms with Gasteiger partial charge in [-0.2, -0.15) is 5.43 Å². The van der Waals surface area contributed by atoms with Gasteiger partial charge in [0.25, 0.3) is 0 Å². The number of nitrogens with one attached hydrogen (secondary N) is 1. The Kier molecular flexibility index (Phi) is 3.57. The van der Waals surface area contributed by atoms with Crippen molar-refractivity contribution in [2.75, 3.05) is 39.8 Å². The van der Waals surface area contributed by atoms with E-state index in [4.69, 9.17) is 0 Å². The molecule has 6 nitrogen and oxygen atoms in total. The minimum Gasteiger partial charge on any atom is -0.378 e. The van der Waals surface area contributed by atoms with Gasteiger partial charge in [-0.3, -0.25) is 0 Å². The summed E-state index contributed by atoms with van der Waals surface area (Å²) in [6, 6.07) is 7.96. The van der Waals surface area contributed by atoms with Gasteiger partial charge in [-0.1, -0.05) is 5.11 Å². The first-order valence-corrected chi connectivity index (χ1v) is 5.81. The van der Waals surface area contributed by atoms with Gasteiger partial charge in [0.15, 0.2) is 0 Å².